The average Bonchev–Trinajstić information content (AvgIpc) is 2.27. The van der Waals surface area contributed by atoms with Crippen LogP contribution in [0.3, 0.4) is 0 Å². The molecule has 0 aromatic heterocycles. The molecule has 0 radical (unpaired) electrons. The molecule has 3 rings (SSSR count). The van der Waals surface area contributed by atoms with Gasteiger partial charge in [-0.1, -0.05) is 43.6 Å². The van der Waals surface area contributed by atoms with E-state index in [0.717, 1.165) is 13.4 Å². The molecule has 2 aromatic rings. The zero-order valence-corrected chi connectivity index (χ0v) is 15.0. The van der Waals surface area contributed by atoms with E-state index in [-0.39, 0.29) is 0 Å². The van der Waals surface area contributed by atoms with Crippen molar-refractivity contribution in [3.8, 4) is 0 Å². The fourth-order valence-electron chi connectivity index (χ4n) is 2.03. The van der Waals surface area contributed by atoms with Gasteiger partial charge in [0.05, 0.1) is 11.4 Å². The van der Waals surface area contributed by atoms with Crippen molar-refractivity contribution < 1.29 is 0 Å². The Morgan fingerprint density at radius 2 is 1.67 bits per heavy atom. The second-order valence-electron chi connectivity index (χ2n) is 4.01. The smallest absolute Gasteiger partial charge is 0.0695 e. The van der Waals surface area contributed by atoms with E-state index in [9.17, 15) is 0 Å². The van der Waals surface area contributed by atoms with Crippen LogP contribution in [0.5, 0.6) is 0 Å². The minimum Gasteiger partial charge on any atom is -0.342 e. The van der Waals surface area contributed by atoms with Gasteiger partial charge in [-0.25, -0.2) is 0 Å². The van der Waals surface area contributed by atoms with E-state index in [4.69, 9.17) is 0 Å². The van der Waals surface area contributed by atoms with Crippen LogP contribution in [0.15, 0.2) is 53.5 Å². The van der Waals surface area contributed by atoms with Crippen LogP contribution in [0.25, 0.3) is 0 Å². The van der Waals surface area contributed by atoms with Gasteiger partial charge in [0.25, 0.3) is 0 Å². The van der Waals surface area contributed by atoms with E-state index in [2.05, 4.69) is 90.1 Å². The molecule has 1 aliphatic rings. The van der Waals surface area contributed by atoms with Crippen molar-refractivity contribution in [1.82, 2.24) is 0 Å². The third-order valence-electron chi connectivity index (χ3n) is 2.83. The van der Waals surface area contributed by atoms with Gasteiger partial charge in [-0.2, -0.15) is 0 Å². The summed E-state index contributed by atoms with van der Waals surface area (Å²) in [4.78, 5) is 4.75. The number of hydrogen-bond acceptors (Lipinski definition) is 2. The maximum absolute atomic E-state index is 3.65. The Kier molecular flexibility index (Phi) is 3.51. The van der Waals surface area contributed by atoms with Gasteiger partial charge in [-0.05, 0) is 46.3 Å². The van der Waals surface area contributed by atoms with E-state index < -0.39 is 0 Å². The van der Waals surface area contributed by atoms with Crippen LogP contribution < -0.4 is 4.90 Å². The van der Waals surface area contributed by atoms with E-state index in [0.29, 0.717) is 0 Å². The Hall–Kier alpha value is 0.0300. The van der Waals surface area contributed by atoms with Crippen LogP contribution in [-0.4, -0.2) is 7.05 Å². The largest absolute Gasteiger partial charge is 0.342 e. The van der Waals surface area contributed by atoms with Crippen molar-refractivity contribution in [3.63, 3.8) is 0 Å². The predicted octanol–water partition coefficient (Wildman–Crippen LogP) is 6.21. The van der Waals surface area contributed by atoms with Gasteiger partial charge in [-0.3, -0.25) is 0 Å². The number of rotatable bonds is 0. The summed E-state index contributed by atoms with van der Waals surface area (Å²) in [6, 6.07) is 10.6. The highest BCUT2D eigenvalue weighted by atomic mass is 79.9. The molecule has 0 unspecified atom stereocenters. The summed E-state index contributed by atoms with van der Waals surface area (Å²) < 4.78 is 3.31. The number of halogens is 3. The molecule has 0 aliphatic carbocycles. The second kappa shape index (κ2) is 4.85. The van der Waals surface area contributed by atoms with Crippen molar-refractivity contribution >= 4 is 70.9 Å². The highest BCUT2D eigenvalue weighted by Gasteiger charge is 2.23. The molecule has 0 amide bonds. The van der Waals surface area contributed by atoms with Gasteiger partial charge in [0.15, 0.2) is 0 Å². The first-order chi connectivity index (χ1) is 8.56. The monoisotopic (exact) mass is 447 g/mol. The lowest BCUT2D eigenvalue weighted by Crippen LogP contribution is -2.15. The lowest BCUT2D eigenvalue weighted by atomic mass is 10.2. The number of fused-ring (bicyclic) bond motifs is 2. The van der Waals surface area contributed by atoms with Crippen LogP contribution in [-0.2, 0) is 0 Å². The first-order valence-electron chi connectivity index (χ1n) is 5.26. The van der Waals surface area contributed by atoms with Crippen molar-refractivity contribution in [2.24, 2.45) is 0 Å². The van der Waals surface area contributed by atoms with Crippen LogP contribution in [0.2, 0.25) is 0 Å². The Balaban J connectivity index is 2.21. The molecule has 1 aliphatic heterocycles. The molecule has 0 saturated carbocycles. The Morgan fingerprint density at radius 3 is 2.44 bits per heavy atom. The predicted molar refractivity (Wildman–Crippen MR) is 88.2 cm³/mol. The molecular weight excluding hydrogens is 442 g/mol. The number of anilines is 2. The van der Waals surface area contributed by atoms with Crippen LogP contribution >= 0.6 is 59.6 Å². The average molecular weight is 450 g/mol. The standard InChI is InChI=1S/C13H8Br3NS/c1-17-10-3-2-7(14)5-11(10)18-12-6-8(15)4-9(16)13(12)17/h2-6H,1H3. The molecule has 1 heterocycles. The Bertz CT molecular complexity index is 642. The lowest BCUT2D eigenvalue weighted by Gasteiger charge is -2.30. The molecule has 0 spiro atoms. The molecule has 2 aromatic carbocycles. The molecular formula is C13H8Br3NS. The zero-order chi connectivity index (χ0) is 12.9. The van der Waals surface area contributed by atoms with Crippen molar-refractivity contribution in [2.45, 2.75) is 9.79 Å². The topological polar surface area (TPSA) is 3.24 Å². The van der Waals surface area contributed by atoms with Gasteiger partial charge in [0, 0.05) is 30.3 Å². The van der Waals surface area contributed by atoms with Gasteiger partial charge in [-0.15, -0.1) is 0 Å². The van der Waals surface area contributed by atoms with Crippen molar-refractivity contribution in [3.05, 3.63) is 43.7 Å². The third kappa shape index (κ3) is 2.15. The van der Waals surface area contributed by atoms with Crippen molar-refractivity contribution in [1.29, 1.82) is 0 Å². The third-order valence-corrected chi connectivity index (χ3v) is 5.47. The maximum Gasteiger partial charge on any atom is 0.0695 e. The highest BCUT2D eigenvalue weighted by molar-refractivity contribution is 9.11. The minimum absolute atomic E-state index is 1.09. The normalized spacial score (nSPS) is 13.2. The van der Waals surface area contributed by atoms with Crippen LogP contribution in [0.1, 0.15) is 0 Å². The minimum atomic E-state index is 1.09. The molecule has 0 saturated heterocycles. The van der Waals surface area contributed by atoms with Gasteiger partial charge >= 0.3 is 0 Å². The summed E-state index contributed by atoms with van der Waals surface area (Å²) in [6.45, 7) is 0. The molecule has 0 atom stereocenters. The number of benzene rings is 2. The molecule has 92 valence electrons. The summed E-state index contributed by atoms with van der Waals surface area (Å²) in [5.41, 5.74) is 2.46. The SMILES string of the molecule is CN1c2ccc(Br)cc2Sc2cc(Br)cc(Br)c21. The Morgan fingerprint density at radius 1 is 0.944 bits per heavy atom. The first kappa shape index (κ1) is 13.0. The second-order valence-corrected chi connectivity index (χ2v) is 7.78. The van der Waals surface area contributed by atoms with Gasteiger partial charge in [0.1, 0.15) is 0 Å². The van der Waals surface area contributed by atoms with Gasteiger partial charge < -0.3 is 4.90 Å². The number of nitrogens with zero attached hydrogens (tertiary/aromatic N) is 1. The first-order valence-corrected chi connectivity index (χ1v) is 8.46. The molecule has 1 nitrogen and oxygen atoms in total. The molecule has 0 bridgehead atoms. The fourth-order valence-corrected chi connectivity index (χ4v) is 5.58. The van der Waals surface area contributed by atoms with Crippen LogP contribution in [0.4, 0.5) is 11.4 Å². The summed E-state index contributed by atoms with van der Waals surface area (Å²) in [5.74, 6) is 0. The summed E-state index contributed by atoms with van der Waals surface area (Å²) in [6.07, 6.45) is 0. The maximum atomic E-state index is 3.65. The number of hydrogen-bond donors (Lipinski definition) is 0. The molecule has 18 heavy (non-hydrogen) atoms. The van der Waals surface area contributed by atoms with E-state index >= 15 is 0 Å². The Labute approximate surface area is 135 Å². The summed E-state index contributed by atoms with van der Waals surface area (Å²) in [7, 11) is 2.10. The van der Waals surface area contributed by atoms with Crippen molar-refractivity contribution in [2.75, 3.05) is 11.9 Å². The van der Waals surface area contributed by atoms with Crippen LogP contribution in [0, 0.1) is 0 Å². The highest BCUT2D eigenvalue weighted by Crippen LogP contribution is 2.51. The zero-order valence-electron chi connectivity index (χ0n) is 9.38. The lowest BCUT2D eigenvalue weighted by molar-refractivity contribution is 1.10. The van der Waals surface area contributed by atoms with E-state index in [1.807, 2.05) is 0 Å². The fraction of sp³-hybridized carbons (Fsp3) is 0.0769. The van der Waals surface area contributed by atoms with E-state index in [1.54, 1.807) is 11.8 Å². The quantitative estimate of drug-likeness (QED) is 0.470. The molecule has 5 heteroatoms. The van der Waals surface area contributed by atoms with Gasteiger partial charge in [0.2, 0.25) is 0 Å². The summed E-state index contributed by atoms with van der Waals surface area (Å²) in [5, 5.41) is 0. The van der Waals surface area contributed by atoms with E-state index in [1.165, 1.54) is 21.2 Å². The molecule has 0 N–H and O–H groups in total. The summed E-state index contributed by atoms with van der Waals surface area (Å²) >= 11 is 12.5. The molecule has 0 fully saturated rings.